The second-order valence-electron chi connectivity index (χ2n) is 4.41. The monoisotopic (exact) mass is 308 g/mol. The van der Waals surface area contributed by atoms with Crippen molar-refractivity contribution in [2.24, 2.45) is 0 Å². The smallest absolute Gasteiger partial charge is 0.315 e. The van der Waals surface area contributed by atoms with Gasteiger partial charge in [0.2, 0.25) is 0 Å². The van der Waals surface area contributed by atoms with Crippen LogP contribution in [0.4, 0.5) is 17.1 Å². The maximum Gasteiger partial charge on any atom is 0.315 e. The van der Waals surface area contributed by atoms with Crippen LogP contribution in [0.15, 0.2) is 28.4 Å². The molecule has 0 radical (unpaired) electrons. The van der Waals surface area contributed by atoms with E-state index in [2.05, 4.69) is 15.6 Å². The van der Waals surface area contributed by atoms with Crippen LogP contribution >= 0.6 is 11.3 Å². The lowest BCUT2D eigenvalue weighted by Crippen LogP contribution is -2.08. The van der Waals surface area contributed by atoms with Gasteiger partial charge in [-0.15, -0.1) is 0 Å². The standard InChI is InChI=1S/C13H16N4O3S/c1-2-6-14-10-4-3-5-11(12(10)17(19)20)15-7-9-8-21-13(18)16-9/h3-5,8,14-15H,2,6-7H2,1H3,(H,16,18). The fourth-order valence-corrected chi connectivity index (χ4v) is 2.46. The van der Waals surface area contributed by atoms with E-state index in [0.717, 1.165) is 17.8 Å². The molecule has 112 valence electrons. The maximum absolute atomic E-state index is 11.3. The van der Waals surface area contributed by atoms with Gasteiger partial charge in [-0.25, -0.2) is 0 Å². The summed E-state index contributed by atoms with van der Waals surface area (Å²) in [6.07, 6.45) is 0.880. The zero-order valence-corrected chi connectivity index (χ0v) is 12.3. The molecule has 1 heterocycles. The minimum absolute atomic E-state index is 0.0172. The highest BCUT2D eigenvalue weighted by Gasteiger charge is 2.19. The van der Waals surface area contributed by atoms with Crippen molar-refractivity contribution >= 4 is 28.4 Å². The van der Waals surface area contributed by atoms with Gasteiger partial charge in [-0.1, -0.05) is 24.3 Å². The lowest BCUT2D eigenvalue weighted by Gasteiger charge is -2.10. The molecule has 0 unspecified atom stereocenters. The molecule has 3 N–H and O–H groups in total. The minimum atomic E-state index is -0.406. The number of benzene rings is 1. The highest BCUT2D eigenvalue weighted by Crippen LogP contribution is 2.33. The van der Waals surface area contributed by atoms with Gasteiger partial charge in [-0.3, -0.25) is 14.9 Å². The van der Waals surface area contributed by atoms with Crippen molar-refractivity contribution in [3.05, 3.63) is 49.1 Å². The number of hydrogen-bond acceptors (Lipinski definition) is 6. The van der Waals surface area contributed by atoms with Gasteiger partial charge in [0.1, 0.15) is 11.4 Å². The van der Waals surface area contributed by atoms with Crippen LogP contribution in [0.25, 0.3) is 0 Å². The lowest BCUT2D eigenvalue weighted by molar-refractivity contribution is -0.383. The predicted octanol–water partition coefficient (Wildman–Crippen LogP) is 2.78. The Morgan fingerprint density at radius 2 is 2.05 bits per heavy atom. The van der Waals surface area contributed by atoms with Gasteiger partial charge in [0.15, 0.2) is 0 Å². The number of nitrogens with zero attached hydrogens (tertiary/aromatic N) is 1. The average Bonchev–Trinajstić information content (AvgIpc) is 2.88. The Bertz CT molecular complexity index is 680. The summed E-state index contributed by atoms with van der Waals surface area (Å²) in [5, 5.41) is 19.0. The number of anilines is 2. The molecule has 2 aromatic rings. The molecular formula is C13H16N4O3S. The Morgan fingerprint density at radius 3 is 2.62 bits per heavy atom. The van der Waals surface area contributed by atoms with E-state index < -0.39 is 4.92 Å². The Labute approximate surface area is 125 Å². The SMILES string of the molecule is CCCNc1cccc(NCc2csc(=O)[nH]2)c1[N+](=O)[O-]. The summed E-state index contributed by atoms with van der Waals surface area (Å²) in [5.41, 5.74) is 1.63. The number of aromatic amines is 1. The van der Waals surface area contributed by atoms with E-state index in [1.165, 1.54) is 0 Å². The highest BCUT2D eigenvalue weighted by molar-refractivity contribution is 7.07. The number of nitro benzene ring substituents is 1. The van der Waals surface area contributed by atoms with Gasteiger partial charge in [-0.05, 0) is 18.6 Å². The molecule has 8 heteroatoms. The van der Waals surface area contributed by atoms with Crippen LogP contribution in [-0.2, 0) is 6.54 Å². The van der Waals surface area contributed by atoms with Crippen LogP contribution < -0.4 is 15.5 Å². The minimum Gasteiger partial charge on any atom is -0.379 e. The average molecular weight is 308 g/mol. The molecule has 1 aromatic carbocycles. The van der Waals surface area contributed by atoms with E-state index >= 15 is 0 Å². The van der Waals surface area contributed by atoms with Gasteiger partial charge in [0.05, 0.1) is 11.5 Å². The molecule has 0 saturated heterocycles. The summed E-state index contributed by atoms with van der Waals surface area (Å²) in [7, 11) is 0. The normalized spacial score (nSPS) is 10.3. The topological polar surface area (TPSA) is 100 Å². The summed E-state index contributed by atoms with van der Waals surface area (Å²) in [6.45, 7) is 2.99. The first-order valence-electron chi connectivity index (χ1n) is 6.53. The molecule has 0 fully saturated rings. The van der Waals surface area contributed by atoms with E-state index in [0.29, 0.717) is 30.2 Å². The van der Waals surface area contributed by atoms with Crippen molar-refractivity contribution in [3.63, 3.8) is 0 Å². The molecule has 0 aliphatic carbocycles. The Kier molecular flexibility index (Phi) is 4.94. The number of thiazole rings is 1. The quantitative estimate of drug-likeness (QED) is 0.539. The summed E-state index contributed by atoms with van der Waals surface area (Å²) >= 11 is 1.07. The third-order valence-corrected chi connectivity index (χ3v) is 3.54. The lowest BCUT2D eigenvalue weighted by atomic mass is 10.2. The number of nitro groups is 1. The molecule has 1 aromatic heterocycles. The third kappa shape index (κ3) is 3.82. The number of rotatable bonds is 7. The van der Waals surface area contributed by atoms with Gasteiger partial charge >= 0.3 is 10.6 Å². The molecular weight excluding hydrogens is 292 g/mol. The third-order valence-electron chi connectivity index (χ3n) is 2.82. The van der Waals surface area contributed by atoms with Crippen LogP contribution in [-0.4, -0.2) is 16.5 Å². The van der Waals surface area contributed by atoms with E-state index in [9.17, 15) is 14.9 Å². The fourth-order valence-electron chi connectivity index (χ4n) is 1.88. The van der Waals surface area contributed by atoms with Crippen molar-refractivity contribution < 1.29 is 4.92 Å². The molecule has 0 amide bonds. The first-order chi connectivity index (χ1) is 10.1. The number of aromatic nitrogens is 1. The van der Waals surface area contributed by atoms with Crippen LogP contribution in [0, 0.1) is 10.1 Å². The van der Waals surface area contributed by atoms with Crippen molar-refractivity contribution in [2.45, 2.75) is 19.9 Å². The summed E-state index contributed by atoms with van der Waals surface area (Å²) in [4.78, 5) is 24.5. The van der Waals surface area contributed by atoms with E-state index in [1.807, 2.05) is 6.92 Å². The highest BCUT2D eigenvalue weighted by atomic mass is 32.1. The van der Waals surface area contributed by atoms with Gasteiger partial charge in [-0.2, -0.15) is 0 Å². The predicted molar refractivity (Wildman–Crippen MR) is 84.1 cm³/mol. The molecule has 0 saturated carbocycles. The number of nitrogens with one attached hydrogen (secondary N) is 3. The first kappa shape index (κ1) is 15.0. The molecule has 2 rings (SSSR count). The molecule has 0 spiro atoms. The molecule has 21 heavy (non-hydrogen) atoms. The van der Waals surface area contributed by atoms with Crippen LogP contribution in [0.5, 0.6) is 0 Å². The second-order valence-corrected chi connectivity index (χ2v) is 5.25. The maximum atomic E-state index is 11.3. The number of H-pyrrole nitrogens is 1. The summed E-state index contributed by atoms with van der Waals surface area (Å²) in [6, 6.07) is 5.09. The van der Waals surface area contributed by atoms with Crippen LogP contribution in [0.3, 0.4) is 0 Å². The van der Waals surface area contributed by atoms with Crippen molar-refractivity contribution in [1.29, 1.82) is 0 Å². The Balaban J connectivity index is 2.21. The van der Waals surface area contributed by atoms with Crippen molar-refractivity contribution in [2.75, 3.05) is 17.2 Å². The van der Waals surface area contributed by atoms with E-state index in [-0.39, 0.29) is 10.6 Å². The van der Waals surface area contributed by atoms with Gasteiger partial charge < -0.3 is 15.6 Å². The zero-order chi connectivity index (χ0) is 15.2. The van der Waals surface area contributed by atoms with Crippen molar-refractivity contribution in [1.82, 2.24) is 4.98 Å². The zero-order valence-electron chi connectivity index (χ0n) is 11.5. The van der Waals surface area contributed by atoms with E-state index in [4.69, 9.17) is 0 Å². The molecule has 7 nitrogen and oxygen atoms in total. The Morgan fingerprint density at radius 1 is 1.33 bits per heavy atom. The largest absolute Gasteiger partial charge is 0.379 e. The van der Waals surface area contributed by atoms with E-state index in [1.54, 1.807) is 23.6 Å². The molecule has 0 atom stereocenters. The molecule has 0 aliphatic rings. The summed E-state index contributed by atoms with van der Waals surface area (Å²) in [5.74, 6) is 0. The number of para-hydroxylation sites is 1. The van der Waals surface area contributed by atoms with Crippen LogP contribution in [0.1, 0.15) is 19.0 Å². The fraction of sp³-hybridized carbons (Fsp3) is 0.308. The second kappa shape index (κ2) is 6.89. The van der Waals surface area contributed by atoms with Crippen molar-refractivity contribution in [3.8, 4) is 0 Å². The number of hydrogen-bond donors (Lipinski definition) is 3. The summed E-state index contributed by atoms with van der Waals surface area (Å²) < 4.78 is 0. The molecule has 0 aliphatic heterocycles. The molecule has 0 bridgehead atoms. The van der Waals surface area contributed by atoms with Gasteiger partial charge in [0, 0.05) is 17.6 Å². The van der Waals surface area contributed by atoms with Gasteiger partial charge in [0.25, 0.3) is 0 Å². The van der Waals surface area contributed by atoms with Crippen LogP contribution in [0.2, 0.25) is 0 Å². The Hall–Kier alpha value is -2.35. The first-order valence-corrected chi connectivity index (χ1v) is 7.41.